The molecule has 0 aromatic rings. The van der Waals surface area contributed by atoms with Crippen LogP contribution in [0.25, 0.3) is 0 Å². The van der Waals surface area contributed by atoms with Gasteiger partial charge >= 0.3 is 5.97 Å². The van der Waals surface area contributed by atoms with Gasteiger partial charge in [-0.05, 0) is 5.92 Å². The van der Waals surface area contributed by atoms with E-state index in [4.69, 9.17) is 9.47 Å². The van der Waals surface area contributed by atoms with E-state index in [0.29, 0.717) is 19.1 Å². The van der Waals surface area contributed by atoms with E-state index in [2.05, 4.69) is 18.6 Å². The van der Waals surface area contributed by atoms with E-state index in [1.54, 1.807) is 0 Å². The Hall–Kier alpha value is -0.610. The summed E-state index contributed by atoms with van der Waals surface area (Å²) in [5, 5.41) is 0. The molecule has 1 aliphatic rings. The van der Waals surface area contributed by atoms with Gasteiger partial charge in [0.15, 0.2) is 5.79 Å². The number of carbonyl (C=O) groups is 1. The van der Waals surface area contributed by atoms with Crippen LogP contribution in [0.1, 0.15) is 26.7 Å². The second-order valence-corrected chi connectivity index (χ2v) is 3.96. The molecule has 1 aliphatic heterocycles. The van der Waals surface area contributed by atoms with Gasteiger partial charge in [-0.25, -0.2) is 0 Å². The highest BCUT2D eigenvalue weighted by molar-refractivity contribution is 5.70. The molecule has 0 aromatic carbocycles. The number of rotatable bonds is 4. The first-order chi connectivity index (χ1) is 6.58. The summed E-state index contributed by atoms with van der Waals surface area (Å²) in [6.45, 7) is 5.27. The van der Waals surface area contributed by atoms with Crippen LogP contribution >= 0.6 is 0 Å². The Morgan fingerprint density at radius 2 is 2.00 bits per heavy atom. The molecule has 4 heteroatoms. The molecule has 0 aromatic heterocycles. The van der Waals surface area contributed by atoms with Crippen molar-refractivity contribution in [2.24, 2.45) is 5.92 Å². The van der Waals surface area contributed by atoms with Crippen LogP contribution < -0.4 is 0 Å². The molecule has 82 valence electrons. The Labute approximate surface area is 84.5 Å². The summed E-state index contributed by atoms with van der Waals surface area (Å²) in [4.78, 5) is 11.2. The van der Waals surface area contributed by atoms with E-state index < -0.39 is 5.79 Å². The van der Waals surface area contributed by atoms with E-state index in [1.807, 2.05) is 0 Å². The molecule has 0 N–H and O–H groups in total. The highest BCUT2D eigenvalue weighted by Crippen LogP contribution is 2.30. The number of methoxy groups -OCH3 is 1. The largest absolute Gasteiger partial charge is 0.469 e. The minimum absolute atomic E-state index is 0.182. The van der Waals surface area contributed by atoms with Crippen LogP contribution in [0.5, 0.6) is 0 Å². The van der Waals surface area contributed by atoms with Crippen LogP contribution in [-0.4, -0.2) is 32.1 Å². The lowest BCUT2D eigenvalue weighted by molar-refractivity contribution is -0.187. The smallest absolute Gasteiger partial charge is 0.310 e. The third-order valence-corrected chi connectivity index (χ3v) is 2.17. The molecular formula is C10H18O4. The standard InChI is InChI=1S/C10H18O4/c1-8(2)6-10(7-9(11)12-3)13-4-5-14-10/h8H,4-7H2,1-3H3. The zero-order valence-electron chi connectivity index (χ0n) is 9.04. The number of carbonyl (C=O) groups excluding carboxylic acids is 1. The van der Waals surface area contributed by atoms with Crippen molar-refractivity contribution in [2.75, 3.05) is 20.3 Å². The predicted octanol–water partition coefficient (Wildman–Crippen LogP) is 1.34. The van der Waals surface area contributed by atoms with Gasteiger partial charge in [-0.2, -0.15) is 0 Å². The predicted molar refractivity (Wildman–Crippen MR) is 50.7 cm³/mol. The van der Waals surface area contributed by atoms with E-state index in [-0.39, 0.29) is 12.4 Å². The quantitative estimate of drug-likeness (QED) is 0.645. The van der Waals surface area contributed by atoms with Gasteiger partial charge in [0.1, 0.15) is 0 Å². The lowest BCUT2D eigenvalue weighted by atomic mass is 10.00. The summed E-state index contributed by atoms with van der Waals surface area (Å²) >= 11 is 0. The maximum atomic E-state index is 11.2. The Balaban J connectivity index is 2.57. The van der Waals surface area contributed by atoms with E-state index in [9.17, 15) is 4.79 Å². The van der Waals surface area contributed by atoms with Gasteiger partial charge in [0.2, 0.25) is 0 Å². The molecule has 1 heterocycles. The monoisotopic (exact) mass is 202 g/mol. The van der Waals surface area contributed by atoms with Crippen LogP contribution in [0, 0.1) is 5.92 Å². The Morgan fingerprint density at radius 1 is 1.43 bits per heavy atom. The number of hydrogen-bond donors (Lipinski definition) is 0. The van der Waals surface area contributed by atoms with Crippen molar-refractivity contribution in [3.05, 3.63) is 0 Å². The molecule has 0 amide bonds. The van der Waals surface area contributed by atoms with Crippen molar-refractivity contribution in [1.82, 2.24) is 0 Å². The SMILES string of the molecule is COC(=O)CC1(CC(C)C)OCCO1. The van der Waals surface area contributed by atoms with Crippen LogP contribution in [-0.2, 0) is 19.0 Å². The van der Waals surface area contributed by atoms with Crippen LogP contribution in [0.2, 0.25) is 0 Å². The Morgan fingerprint density at radius 3 is 2.43 bits per heavy atom. The van der Waals surface area contributed by atoms with Gasteiger partial charge < -0.3 is 14.2 Å². The number of ether oxygens (including phenoxy) is 3. The van der Waals surface area contributed by atoms with Gasteiger partial charge in [0.25, 0.3) is 0 Å². The molecular weight excluding hydrogens is 184 g/mol. The molecule has 0 bridgehead atoms. The minimum atomic E-state index is -0.735. The third-order valence-electron chi connectivity index (χ3n) is 2.17. The van der Waals surface area contributed by atoms with E-state index >= 15 is 0 Å². The molecule has 0 atom stereocenters. The molecule has 1 fully saturated rings. The second-order valence-electron chi connectivity index (χ2n) is 3.96. The average molecular weight is 202 g/mol. The van der Waals surface area contributed by atoms with E-state index in [0.717, 1.165) is 6.42 Å². The maximum absolute atomic E-state index is 11.2. The summed E-state index contributed by atoms with van der Waals surface area (Å²) in [5.74, 6) is -0.591. The zero-order chi connectivity index (χ0) is 10.6. The van der Waals surface area contributed by atoms with Crippen LogP contribution in [0.3, 0.4) is 0 Å². The summed E-state index contributed by atoms with van der Waals surface area (Å²) in [6, 6.07) is 0. The lowest BCUT2D eigenvalue weighted by Gasteiger charge is -2.27. The highest BCUT2D eigenvalue weighted by atomic mass is 16.7. The van der Waals surface area contributed by atoms with Crippen molar-refractivity contribution in [3.8, 4) is 0 Å². The summed E-state index contributed by atoms with van der Waals surface area (Å²) in [6.07, 6.45) is 0.907. The Bertz CT molecular complexity index is 194. The van der Waals surface area contributed by atoms with Gasteiger partial charge in [-0.3, -0.25) is 4.79 Å². The number of hydrogen-bond acceptors (Lipinski definition) is 4. The first-order valence-electron chi connectivity index (χ1n) is 4.93. The molecule has 14 heavy (non-hydrogen) atoms. The van der Waals surface area contributed by atoms with Crippen molar-refractivity contribution in [3.63, 3.8) is 0 Å². The zero-order valence-corrected chi connectivity index (χ0v) is 9.04. The molecule has 0 unspecified atom stereocenters. The summed E-state index contributed by atoms with van der Waals surface area (Å²) in [5.41, 5.74) is 0. The van der Waals surface area contributed by atoms with Crippen molar-refractivity contribution < 1.29 is 19.0 Å². The Kier molecular flexibility index (Phi) is 3.89. The third kappa shape index (κ3) is 2.96. The molecule has 4 nitrogen and oxygen atoms in total. The molecule has 0 aliphatic carbocycles. The molecule has 1 rings (SSSR count). The average Bonchev–Trinajstić information content (AvgIpc) is 2.51. The normalized spacial score (nSPS) is 20.0. The first kappa shape index (κ1) is 11.5. The van der Waals surface area contributed by atoms with Gasteiger partial charge in [-0.15, -0.1) is 0 Å². The van der Waals surface area contributed by atoms with Crippen molar-refractivity contribution >= 4 is 5.97 Å². The van der Waals surface area contributed by atoms with Crippen LogP contribution in [0.4, 0.5) is 0 Å². The molecule has 0 saturated carbocycles. The second kappa shape index (κ2) is 4.75. The first-order valence-corrected chi connectivity index (χ1v) is 4.93. The maximum Gasteiger partial charge on any atom is 0.310 e. The topological polar surface area (TPSA) is 44.8 Å². The summed E-state index contributed by atoms with van der Waals surface area (Å²) in [7, 11) is 1.38. The van der Waals surface area contributed by atoms with Gasteiger partial charge in [0, 0.05) is 6.42 Å². The fourth-order valence-corrected chi connectivity index (χ4v) is 1.70. The minimum Gasteiger partial charge on any atom is -0.469 e. The van der Waals surface area contributed by atoms with Crippen molar-refractivity contribution in [2.45, 2.75) is 32.5 Å². The fraction of sp³-hybridized carbons (Fsp3) is 0.900. The fourth-order valence-electron chi connectivity index (χ4n) is 1.70. The number of esters is 1. The van der Waals surface area contributed by atoms with Gasteiger partial charge in [-0.1, -0.05) is 13.8 Å². The van der Waals surface area contributed by atoms with Crippen LogP contribution in [0.15, 0.2) is 0 Å². The highest BCUT2D eigenvalue weighted by Gasteiger charge is 2.39. The van der Waals surface area contributed by atoms with E-state index in [1.165, 1.54) is 7.11 Å². The van der Waals surface area contributed by atoms with Crippen molar-refractivity contribution in [1.29, 1.82) is 0 Å². The lowest BCUT2D eigenvalue weighted by Crippen LogP contribution is -2.35. The summed E-state index contributed by atoms with van der Waals surface area (Å²) < 4.78 is 15.6. The van der Waals surface area contributed by atoms with Gasteiger partial charge in [0.05, 0.1) is 26.7 Å². The molecule has 0 radical (unpaired) electrons. The molecule has 1 saturated heterocycles. The molecule has 0 spiro atoms.